The van der Waals surface area contributed by atoms with Gasteiger partial charge in [-0.1, -0.05) is 42.5 Å². The fraction of sp³-hybridized carbons (Fsp3) is 0.217. The van der Waals surface area contributed by atoms with Gasteiger partial charge in [0.25, 0.3) is 0 Å². The van der Waals surface area contributed by atoms with Crippen LogP contribution in [-0.2, 0) is 17.8 Å². The monoisotopic (exact) mass is 375 g/mol. The first-order valence-corrected chi connectivity index (χ1v) is 9.44. The summed E-state index contributed by atoms with van der Waals surface area (Å²) in [4.78, 5) is 18.8. The maximum absolute atomic E-state index is 13.5. The molecule has 1 aromatic heterocycles. The lowest BCUT2D eigenvalue weighted by atomic mass is 9.99. The first-order valence-electron chi connectivity index (χ1n) is 9.44. The molecule has 1 N–H and O–H groups in total. The number of hydrogen-bond acceptors (Lipinski definition) is 3. The number of carbonyl (C=O) groups excluding carboxylic acids is 1. The van der Waals surface area contributed by atoms with Crippen molar-refractivity contribution in [3.8, 4) is 11.1 Å². The van der Waals surface area contributed by atoms with E-state index in [1.54, 1.807) is 12.3 Å². The van der Waals surface area contributed by atoms with Crippen molar-refractivity contribution in [1.82, 2.24) is 15.2 Å². The van der Waals surface area contributed by atoms with E-state index in [2.05, 4.69) is 39.5 Å². The topological polar surface area (TPSA) is 45.2 Å². The molecule has 0 unspecified atom stereocenters. The average Bonchev–Trinajstić information content (AvgIpc) is 2.72. The molecule has 1 amide bonds. The van der Waals surface area contributed by atoms with Gasteiger partial charge in [0.05, 0.1) is 6.04 Å². The van der Waals surface area contributed by atoms with Gasteiger partial charge in [0.1, 0.15) is 5.82 Å². The summed E-state index contributed by atoms with van der Waals surface area (Å²) in [6.45, 7) is 1.93. The van der Waals surface area contributed by atoms with Gasteiger partial charge in [-0.3, -0.25) is 14.7 Å². The molecule has 0 aliphatic carbocycles. The van der Waals surface area contributed by atoms with Crippen LogP contribution >= 0.6 is 0 Å². The Morgan fingerprint density at radius 3 is 2.64 bits per heavy atom. The number of piperazine rings is 1. The Labute approximate surface area is 164 Å². The number of carbonyl (C=O) groups is 1. The van der Waals surface area contributed by atoms with Crippen LogP contribution in [0.1, 0.15) is 11.1 Å². The molecule has 0 bridgehead atoms. The van der Waals surface area contributed by atoms with Crippen LogP contribution in [0.15, 0.2) is 73.1 Å². The molecule has 4 nitrogen and oxygen atoms in total. The van der Waals surface area contributed by atoms with Gasteiger partial charge in [-0.25, -0.2) is 4.39 Å². The van der Waals surface area contributed by atoms with Crippen LogP contribution in [0.4, 0.5) is 4.39 Å². The van der Waals surface area contributed by atoms with Crippen molar-refractivity contribution in [2.45, 2.75) is 19.0 Å². The minimum absolute atomic E-state index is 0.0268. The molecule has 5 heteroatoms. The van der Waals surface area contributed by atoms with Gasteiger partial charge in [0.15, 0.2) is 0 Å². The third kappa shape index (κ3) is 4.26. The summed E-state index contributed by atoms with van der Waals surface area (Å²) in [5.41, 5.74) is 4.14. The molecule has 0 radical (unpaired) electrons. The molecule has 142 valence electrons. The molecule has 2 aromatic carbocycles. The summed E-state index contributed by atoms with van der Waals surface area (Å²) in [6, 6.07) is 18.5. The summed E-state index contributed by atoms with van der Waals surface area (Å²) in [7, 11) is 0. The van der Waals surface area contributed by atoms with E-state index in [0.717, 1.165) is 28.8 Å². The van der Waals surface area contributed by atoms with E-state index in [-0.39, 0.29) is 17.8 Å². The normalized spacial score (nSPS) is 17.3. The number of hydrogen-bond donors (Lipinski definition) is 1. The predicted octanol–water partition coefficient (Wildman–Crippen LogP) is 3.43. The minimum Gasteiger partial charge on any atom is -0.353 e. The van der Waals surface area contributed by atoms with Gasteiger partial charge in [-0.15, -0.1) is 0 Å². The molecule has 3 aromatic rings. The molecule has 1 saturated heterocycles. The van der Waals surface area contributed by atoms with E-state index in [0.29, 0.717) is 19.5 Å². The lowest BCUT2D eigenvalue weighted by Crippen LogP contribution is -2.55. The quantitative estimate of drug-likeness (QED) is 0.743. The molecule has 1 aliphatic heterocycles. The average molecular weight is 375 g/mol. The highest BCUT2D eigenvalue weighted by molar-refractivity contribution is 5.82. The SMILES string of the molecule is O=C1NCCN(Cc2cccc(F)c2)[C@H]1Cc1ccc(-c2cccnc2)cc1. The fourth-order valence-corrected chi connectivity index (χ4v) is 3.63. The largest absolute Gasteiger partial charge is 0.353 e. The Bertz CT molecular complexity index is 944. The van der Waals surface area contributed by atoms with Crippen LogP contribution in [0.2, 0.25) is 0 Å². The smallest absolute Gasteiger partial charge is 0.237 e. The number of pyridine rings is 1. The minimum atomic E-state index is -0.263. The maximum Gasteiger partial charge on any atom is 0.237 e. The summed E-state index contributed by atoms with van der Waals surface area (Å²) in [5, 5.41) is 2.95. The van der Waals surface area contributed by atoms with Crippen LogP contribution in [0.5, 0.6) is 0 Å². The number of aromatic nitrogens is 1. The molecule has 0 spiro atoms. The van der Waals surface area contributed by atoms with Crippen LogP contribution in [0.25, 0.3) is 11.1 Å². The number of benzene rings is 2. The van der Waals surface area contributed by atoms with E-state index in [1.165, 1.54) is 12.1 Å². The standard InChI is InChI=1S/C23H22FN3O/c24-21-5-1-3-18(13-21)16-27-12-11-26-23(28)22(27)14-17-6-8-19(9-7-17)20-4-2-10-25-15-20/h1-10,13,15,22H,11-12,14,16H2,(H,26,28)/t22-/m0/s1. The second kappa shape index (κ2) is 8.31. The van der Waals surface area contributed by atoms with Gasteiger partial charge < -0.3 is 5.32 Å². The molecule has 4 rings (SSSR count). The van der Waals surface area contributed by atoms with E-state index in [1.807, 2.05) is 24.4 Å². The van der Waals surface area contributed by atoms with Gasteiger partial charge in [0.2, 0.25) is 5.91 Å². The summed E-state index contributed by atoms with van der Waals surface area (Å²) >= 11 is 0. The van der Waals surface area contributed by atoms with Crippen molar-refractivity contribution < 1.29 is 9.18 Å². The number of amides is 1. The zero-order valence-corrected chi connectivity index (χ0v) is 15.5. The van der Waals surface area contributed by atoms with Crippen molar-refractivity contribution >= 4 is 5.91 Å². The van der Waals surface area contributed by atoms with E-state index >= 15 is 0 Å². The van der Waals surface area contributed by atoms with Crippen LogP contribution in [0.3, 0.4) is 0 Å². The number of rotatable bonds is 5. The van der Waals surface area contributed by atoms with Gasteiger partial charge >= 0.3 is 0 Å². The molecule has 1 atom stereocenters. The number of nitrogens with zero attached hydrogens (tertiary/aromatic N) is 2. The highest BCUT2D eigenvalue weighted by Crippen LogP contribution is 2.21. The van der Waals surface area contributed by atoms with E-state index in [4.69, 9.17) is 0 Å². The second-order valence-electron chi connectivity index (χ2n) is 7.05. The lowest BCUT2D eigenvalue weighted by Gasteiger charge is -2.35. The van der Waals surface area contributed by atoms with Crippen molar-refractivity contribution in [2.75, 3.05) is 13.1 Å². The summed E-state index contributed by atoms with van der Waals surface area (Å²) in [6.07, 6.45) is 4.21. The van der Waals surface area contributed by atoms with Crippen LogP contribution in [0, 0.1) is 5.82 Å². The Balaban J connectivity index is 1.50. The molecular formula is C23H22FN3O. The number of halogens is 1. The number of nitrogens with one attached hydrogen (secondary N) is 1. The Hall–Kier alpha value is -3.05. The summed E-state index contributed by atoms with van der Waals surface area (Å²) < 4.78 is 13.5. The molecule has 2 heterocycles. The first-order chi connectivity index (χ1) is 13.7. The van der Waals surface area contributed by atoms with Gasteiger partial charge in [-0.05, 0) is 46.9 Å². The Morgan fingerprint density at radius 2 is 1.89 bits per heavy atom. The Kier molecular flexibility index (Phi) is 5.44. The molecule has 0 saturated carbocycles. The third-order valence-corrected chi connectivity index (χ3v) is 5.09. The van der Waals surface area contributed by atoms with E-state index < -0.39 is 0 Å². The van der Waals surface area contributed by atoms with Crippen LogP contribution in [-0.4, -0.2) is 34.9 Å². The zero-order valence-electron chi connectivity index (χ0n) is 15.5. The third-order valence-electron chi connectivity index (χ3n) is 5.09. The van der Waals surface area contributed by atoms with Gasteiger partial charge in [-0.2, -0.15) is 0 Å². The first kappa shape index (κ1) is 18.3. The van der Waals surface area contributed by atoms with E-state index in [9.17, 15) is 9.18 Å². The molecular weight excluding hydrogens is 353 g/mol. The van der Waals surface area contributed by atoms with Gasteiger partial charge in [0, 0.05) is 32.0 Å². The molecule has 28 heavy (non-hydrogen) atoms. The van der Waals surface area contributed by atoms with Crippen molar-refractivity contribution in [3.63, 3.8) is 0 Å². The fourth-order valence-electron chi connectivity index (χ4n) is 3.63. The highest BCUT2D eigenvalue weighted by atomic mass is 19.1. The maximum atomic E-state index is 13.5. The van der Waals surface area contributed by atoms with Crippen molar-refractivity contribution in [1.29, 1.82) is 0 Å². The lowest BCUT2D eigenvalue weighted by molar-refractivity contribution is -0.129. The Morgan fingerprint density at radius 1 is 1.04 bits per heavy atom. The second-order valence-corrected chi connectivity index (χ2v) is 7.05. The zero-order chi connectivity index (χ0) is 19.3. The highest BCUT2D eigenvalue weighted by Gasteiger charge is 2.29. The predicted molar refractivity (Wildman–Crippen MR) is 107 cm³/mol. The van der Waals surface area contributed by atoms with Crippen molar-refractivity contribution in [2.24, 2.45) is 0 Å². The molecule has 1 aliphatic rings. The van der Waals surface area contributed by atoms with Crippen molar-refractivity contribution in [3.05, 3.63) is 90.0 Å². The summed E-state index contributed by atoms with van der Waals surface area (Å²) in [5.74, 6) is -0.222. The van der Waals surface area contributed by atoms with Crippen LogP contribution < -0.4 is 5.32 Å². The molecule has 1 fully saturated rings.